The Hall–Kier alpha value is -0.0700. The molecule has 2 rings (SSSR count). The molecule has 0 saturated carbocycles. The Morgan fingerprint density at radius 1 is 1.27 bits per heavy atom. The number of hydrogen-bond donors (Lipinski definition) is 2. The van der Waals surface area contributed by atoms with Gasteiger partial charge in [-0.15, -0.1) is 24.8 Å². The number of nitrogens with one attached hydrogen (secondary N) is 2. The molecule has 2 N–H and O–H groups in total. The van der Waals surface area contributed by atoms with Crippen molar-refractivity contribution < 1.29 is 9.53 Å². The fourth-order valence-corrected chi connectivity index (χ4v) is 3.20. The SMILES string of the molecule is CC1CN(CCCNC(=O)C2CCCNC2)CC(C)O1.Cl.Cl. The molecule has 5 nitrogen and oxygen atoms in total. The summed E-state index contributed by atoms with van der Waals surface area (Å²) in [5.41, 5.74) is 0. The number of nitrogens with zero attached hydrogens (tertiary/aromatic N) is 1. The van der Waals surface area contributed by atoms with Crippen molar-refractivity contribution in [2.24, 2.45) is 5.92 Å². The molecule has 1 amide bonds. The Balaban J connectivity index is 0.00000220. The van der Waals surface area contributed by atoms with Crippen molar-refractivity contribution in [3.63, 3.8) is 0 Å². The molecule has 0 bridgehead atoms. The summed E-state index contributed by atoms with van der Waals surface area (Å²) in [5, 5.41) is 6.36. The lowest BCUT2D eigenvalue weighted by atomic mass is 9.99. The molecule has 2 fully saturated rings. The highest BCUT2D eigenvalue weighted by molar-refractivity contribution is 5.85. The van der Waals surface area contributed by atoms with E-state index in [0.29, 0.717) is 12.2 Å². The molecule has 2 saturated heterocycles. The first kappa shape index (κ1) is 21.9. The van der Waals surface area contributed by atoms with E-state index in [9.17, 15) is 4.79 Å². The average molecular weight is 356 g/mol. The molecule has 3 unspecified atom stereocenters. The van der Waals surface area contributed by atoms with Crippen LogP contribution in [0, 0.1) is 5.92 Å². The van der Waals surface area contributed by atoms with Gasteiger partial charge >= 0.3 is 0 Å². The third-order valence-corrected chi connectivity index (χ3v) is 4.11. The number of amides is 1. The second-order valence-corrected chi connectivity index (χ2v) is 6.20. The van der Waals surface area contributed by atoms with Crippen LogP contribution < -0.4 is 10.6 Å². The molecule has 0 aromatic rings. The summed E-state index contributed by atoms with van der Waals surface area (Å²) in [5.74, 6) is 0.396. The standard InChI is InChI=1S/C15H29N3O2.2ClH/c1-12-10-18(11-13(2)20-12)8-4-7-17-15(19)14-5-3-6-16-9-14;;/h12-14,16H,3-11H2,1-2H3,(H,17,19);2*1H. The third kappa shape index (κ3) is 7.47. The minimum Gasteiger partial charge on any atom is -0.373 e. The number of hydrogen-bond acceptors (Lipinski definition) is 4. The van der Waals surface area contributed by atoms with Crippen LogP contribution in [0.15, 0.2) is 0 Å². The largest absolute Gasteiger partial charge is 0.373 e. The molecule has 0 aromatic heterocycles. The van der Waals surface area contributed by atoms with Crippen LogP contribution in [-0.4, -0.2) is 62.3 Å². The van der Waals surface area contributed by atoms with Gasteiger partial charge in [0.15, 0.2) is 0 Å². The van der Waals surface area contributed by atoms with Crippen LogP contribution >= 0.6 is 24.8 Å². The van der Waals surface area contributed by atoms with Gasteiger partial charge in [-0.25, -0.2) is 0 Å². The second-order valence-electron chi connectivity index (χ2n) is 6.20. The van der Waals surface area contributed by atoms with Crippen LogP contribution in [0.4, 0.5) is 0 Å². The lowest BCUT2D eigenvalue weighted by Crippen LogP contribution is -2.46. The first-order valence-corrected chi connectivity index (χ1v) is 8.01. The fraction of sp³-hybridized carbons (Fsp3) is 0.933. The molecule has 22 heavy (non-hydrogen) atoms. The van der Waals surface area contributed by atoms with Crippen LogP contribution in [-0.2, 0) is 9.53 Å². The zero-order chi connectivity index (χ0) is 14.4. The molecule has 2 heterocycles. The lowest BCUT2D eigenvalue weighted by Gasteiger charge is -2.35. The Morgan fingerprint density at radius 2 is 1.95 bits per heavy atom. The van der Waals surface area contributed by atoms with E-state index in [1.54, 1.807) is 0 Å². The monoisotopic (exact) mass is 355 g/mol. The second kappa shape index (κ2) is 11.5. The quantitative estimate of drug-likeness (QED) is 0.732. The number of halogens is 2. The van der Waals surface area contributed by atoms with Crippen molar-refractivity contribution in [1.29, 1.82) is 0 Å². The molecule has 7 heteroatoms. The van der Waals surface area contributed by atoms with E-state index in [1.165, 1.54) is 0 Å². The van der Waals surface area contributed by atoms with Gasteiger partial charge in [0, 0.05) is 32.7 Å². The Labute approximate surface area is 146 Å². The summed E-state index contributed by atoms with van der Waals surface area (Å²) >= 11 is 0. The Bertz CT molecular complexity index is 305. The molecule has 2 aliphatic rings. The van der Waals surface area contributed by atoms with Gasteiger partial charge in [0.2, 0.25) is 5.91 Å². The van der Waals surface area contributed by atoms with Gasteiger partial charge in [-0.2, -0.15) is 0 Å². The minimum absolute atomic E-state index is 0. The first-order chi connectivity index (χ1) is 9.65. The number of morpholine rings is 1. The van der Waals surface area contributed by atoms with Crippen LogP contribution in [0.5, 0.6) is 0 Å². The number of piperidine rings is 1. The average Bonchev–Trinajstić information content (AvgIpc) is 2.43. The molecule has 0 spiro atoms. The summed E-state index contributed by atoms with van der Waals surface area (Å²) in [6, 6.07) is 0. The van der Waals surface area contributed by atoms with Crippen molar-refractivity contribution in [2.75, 3.05) is 39.3 Å². The molecule has 132 valence electrons. The predicted octanol–water partition coefficient (Wildman–Crippen LogP) is 1.45. The van der Waals surface area contributed by atoms with Crippen LogP contribution in [0.25, 0.3) is 0 Å². The Morgan fingerprint density at radius 3 is 2.55 bits per heavy atom. The highest BCUT2D eigenvalue weighted by Crippen LogP contribution is 2.11. The Kier molecular flexibility index (Phi) is 11.4. The van der Waals surface area contributed by atoms with Gasteiger partial charge in [0.25, 0.3) is 0 Å². The zero-order valence-corrected chi connectivity index (χ0v) is 15.3. The summed E-state index contributed by atoms with van der Waals surface area (Å²) in [6.07, 6.45) is 3.80. The van der Waals surface area contributed by atoms with Crippen molar-refractivity contribution in [1.82, 2.24) is 15.5 Å². The van der Waals surface area contributed by atoms with E-state index < -0.39 is 0 Å². The van der Waals surface area contributed by atoms with Crippen molar-refractivity contribution in [3.05, 3.63) is 0 Å². The lowest BCUT2D eigenvalue weighted by molar-refractivity contribution is -0.125. The number of carbonyl (C=O) groups is 1. The molecule has 0 radical (unpaired) electrons. The summed E-state index contributed by atoms with van der Waals surface area (Å²) in [4.78, 5) is 14.4. The predicted molar refractivity (Wildman–Crippen MR) is 94.2 cm³/mol. The fourth-order valence-electron chi connectivity index (χ4n) is 3.20. The van der Waals surface area contributed by atoms with Gasteiger partial charge < -0.3 is 15.4 Å². The van der Waals surface area contributed by atoms with Crippen LogP contribution in [0.1, 0.15) is 33.1 Å². The van der Waals surface area contributed by atoms with Gasteiger partial charge in [-0.3, -0.25) is 9.69 Å². The minimum atomic E-state index is 0. The molecule has 0 aromatic carbocycles. The summed E-state index contributed by atoms with van der Waals surface area (Å²) in [7, 11) is 0. The van der Waals surface area contributed by atoms with Crippen molar-refractivity contribution >= 4 is 30.7 Å². The van der Waals surface area contributed by atoms with E-state index in [1.807, 2.05) is 0 Å². The van der Waals surface area contributed by atoms with Crippen LogP contribution in [0.2, 0.25) is 0 Å². The maximum atomic E-state index is 12.0. The van der Waals surface area contributed by atoms with Gasteiger partial charge in [0.05, 0.1) is 18.1 Å². The van der Waals surface area contributed by atoms with E-state index in [2.05, 4.69) is 29.4 Å². The number of carbonyl (C=O) groups excluding carboxylic acids is 1. The molecule has 3 atom stereocenters. The van der Waals surface area contributed by atoms with E-state index in [4.69, 9.17) is 4.74 Å². The normalized spacial score (nSPS) is 29.1. The van der Waals surface area contributed by atoms with E-state index in [-0.39, 0.29) is 36.6 Å². The van der Waals surface area contributed by atoms with E-state index >= 15 is 0 Å². The maximum absolute atomic E-state index is 12.0. The van der Waals surface area contributed by atoms with Crippen molar-refractivity contribution in [2.45, 2.75) is 45.3 Å². The van der Waals surface area contributed by atoms with Gasteiger partial charge in [-0.1, -0.05) is 0 Å². The van der Waals surface area contributed by atoms with Crippen molar-refractivity contribution in [3.8, 4) is 0 Å². The highest BCUT2D eigenvalue weighted by Gasteiger charge is 2.22. The summed E-state index contributed by atoms with van der Waals surface area (Å²) < 4.78 is 5.72. The topological polar surface area (TPSA) is 53.6 Å². The molecular formula is C15H31Cl2N3O2. The summed E-state index contributed by atoms with van der Waals surface area (Å²) in [6.45, 7) is 9.98. The van der Waals surface area contributed by atoms with E-state index in [0.717, 1.165) is 58.5 Å². The third-order valence-electron chi connectivity index (χ3n) is 4.11. The highest BCUT2D eigenvalue weighted by atomic mass is 35.5. The maximum Gasteiger partial charge on any atom is 0.224 e. The molecular weight excluding hydrogens is 325 g/mol. The molecule has 0 aliphatic carbocycles. The smallest absolute Gasteiger partial charge is 0.224 e. The van der Waals surface area contributed by atoms with Gasteiger partial charge in [0.1, 0.15) is 0 Å². The van der Waals surface area contributed by atoms with Crippen LogP contribution in [0.3, 0.4) is 0 Å². The molecule has 2 aliphatic heterocycles. The first-order valence-electron chi connectivity index (χ1n) is 8.01. The number of ether oxygens (including phenoxy) is 1. The van der Waals surface area contributed by atoms with Gasteiger partial charge in [-0.05, 0) is 39.7 Å². The zero-order valence-electron chi connectivity index (χ0n) is 13.7. The number of rotatable bonds is 5.